The van der Waals surface area contributed by atoms with Gasteiger partial charge in [-0.3, -0.25) is 10.2 Å². The summed E-state index contributed by atoms with van der Waals surface area (Å²) in [5, 5.41) is 10.1. The number of thiazole rings is 1. The highest BCUT2D eigenvalue weighted by Crippen LogP contribution is 2.33. The third-order valence-corrected chi connectivity index (χ3v) is 5.79. The van der Waals surface area contributed by atoms with E-state index in [1.54, 1.807) is 30.5 Å². The lowest BCUT2D eigenvalue weighted by molar-refractivity contribution is -0.118. The van der Waals surface area contributed by atoms with E-state index in [0.717, 1.165) is 11.3 Å². The van der Waals surface area contributed by atoms with Crippen LogP contribution in [0.5, 0.6) is 11.5 Å². The molecule has 0 aliphatic carbocycles. The average molecular weight is 507 g/mol. The second-order valence-corrected chi connectivity index (χ2v) is 8.50. The molecule has 0 aliphatic rings. The van der Waals surface area contributed by atoms with E-state index in [-0.39, 0.29) is 12.5 Å². The van der Waals surface area contributed by atoms with Crippen molar-refractivity contribution in [3.05, 3.63) is 88.8 Å². The van der Waals surface area contributed by atoms with Gasteiger partial charge in [-0.2, -0.15) is 5.10 Å². The number of para-hydroxylation sites is 1. The maximum atomic E-state index is 12.2. The number of anilines is 2. The van der Waals surface area contributed by atoms with Crippen molar-refractivity contribution in [2.24, 2.45) is 5.10 Å². The summed E-state index contributed by atoms with van der Waals surface area (Å²) >= 11 is 7.90. The molecule has 0 radical (unpaired) electrons. The molecule has 1 amide bonds. The largest absolute Gasteiger partial charge is 0.490 e. The molecule has 0 atom stereocenters. The molecule has 4 aromatic rings. The molecule has 178 valence electrons. The Morgan fingerprint density at radius 3 is 2.51 bits per heavy atom. The van der Waals surface area contributed by atoms with Crippen LogP contribution in [0.3, 0.4) is 0 Å². The van der Waals surface area contributed by atoms with E-state index < -0.39 is 0 Å². The molecule has 0 spiro atoms. The minimum atomic E-state index is -0.289. The first kappa shape index (κ1) is 24.3. The Morgan fingerprint density at radius 2 is 1.77 bits per heavy atom. The first-order valence-corrected chi connectivity index (χ1v) is 12.1. The van der Waals surface area contributed by atoms with Gasteiger partial charge >= 0.3 is 0 Å². The van der Waals surface area contributed by atoms with E-state index in [1.807, 2.05) is 60.8 Å². The summed E-state index contributed by atoms with van der Waals surface area (Å²) in [5.74, 6) is 0.548. The lowest BCUT2D eigenvalue weighted by Gasteiger charge is -2.13. The molecule has 0 bridgehead atoms. The van der Waals surface area contributed by atoms with Gasteiger partial charge < -0.3 is 14.8 Å². The van der Waals surface area contributed by atoms with E-state index >= 15 is 0 Å². The maximum absolute atomic E-state index is 12.2. The number of hydrazone groups is 1. The highest BCUT2D eigenvalue weighted by Gasteiger charge is 2.13. The predicted molar refractivity (Wildman–Crippen MR) is 142 cm³/mol. The van der Waals surface area contributed by atoms with Crippen molar-refractivity contribution in [1.29, 1.82) is 0 Å². The number of carbonyl (C=O) groups is 1. The Bertz CT molecular complexity index is 1300. The Labute approximate surface area is 212 Å². The molecule has 7 nitrogen and oxygen atoms in total. The molecule has 0 aliphatic heterocycles. The van der Waals surface area contributed by atoms with E-state index in [0.29, 0.717) is 39.5 Å². The van der Waals surface area contributed by atoms with Gasteiger partial charge in [0.05, 0.1) is 23.5 Å². The fourth-order valence-electron chi connectivity index (χ4n) is 3.12. The molecule has 1 heterocycles. The Balaban J connectivity index is 1.40. The number of benzene rings is 3. The van der Waals surface area contributed by atoms with Gasteiger partial charge in [-0.05, 0) is 25.1 Å². The first-order valence-electron chi connectivity index (χ1n) is 10.9. The minimum absolute atomic E-state index is 0.186. The quantitative estimate of drug-likeness (QED) is 0.194. The number of amides is 1. The number of nitrogens with one attached hydrogen (secondary N) is 2. The van der Waals surface area contributed by atoms with Gasteiger partial charge in [0.25, 0.3) is 5.91 Å². The number of carbonyl (C=O) groups excluding carboxylic acids is 1. The molecule has 0 unspecified atom stereocenters. The smallest absolute Gasteiger partial charge is 0.262 e. The zero-order valence-corrected chi connectivity index (χ0v) is 20.5. The maximum Gasteiger partial charge on any atom is 0.262 e. The number of rotatable bonds is 10. The minimum Gasteiger partial charge on any atom is -0.490 e. The number of ether oxygens (including phenoxy) is 2. The van der Waals surface area contributed by atoms with Gasteiger partial charge in [0, 0.05) is 28.3 Å². The Kier molecular flexibility index (Phi) is 8.32. The second-order valence-electron chi connectivity index (χ2n) is 7.23. The normalized spacial score (nSPS) is 10.8. The third kappa shape index (κ3) is 6.81. The van der Waals surface area contributed by atoms with Crippen LogP contribution in [-0.4, -0.2) is 30.3 Å². The molecular formula is C26H23ClN4O3S. The summed E-state index contributed by atoms with van der Waals surface area (Å²) in [6.07, 6.45) is 1.58. The SMILES string of the molecule is CCOc1cc(C=NNc2nc(-c3ccccc3)cs2)c(Cl)cc1OCC(=O)Nc1ccccc1. The first-order chi connectivity index (χ1) is 17.1. The van der Waals surface area contributed by atoms with Gasteiger partial charge in [0.15, 0.2) is 18.1 Å². The molecular weight excluding hydrogens is 484 g/mol. The van der Waals surface area contributed by atoms with Crippen LogP contribution >= 0.6 is 22.9 Å². The summed E-state index contributed by atoms with van der Waals surface area (Å²) in [6, 6.07) is 22.4. The highest BCUT2D eigenvalue weighted by molar-refractivity contribution is 7.14. The monoisotopic (exact) mass is 506 g/mol. The van der Waals surface area contributed by atoms with Crippen LogP contribution in [0.4, 0.5) is 10.8 Å². The van der Waals surface area contributed by atoms with Gasteiger partial charge in [-0.1, -0.05) is 60.1 Å². The van der Waals surface area contributed by atoms with Crippen molar-refractivity contribution in [2.45, 2.75) is 6.92 Å². The number of hydrogen-bond acceptors (Lipinski definition) is 7. The van der Waals surface area contributed by atoms with Gasteiger partial charge in [-0.15, -0.1) is 11.3 Å². The highest BCUT2D eigenvalue weighted by atomic mass is 35.5. The lowest BCUT2D eigenvalue weighted by atomic mass is 10.2. The lowest BCUT2D eigenvalue weighted by Crippen LogP contribution is -2.20. The molecule has 0 saturated heterocycles. The van der Waals surface area contributed by atoms with Crippen LogP contribution in [0, 0.1) is 0 Å². The zero-order valence-electron chi connectivity index (χ0n) is 18.9. The van der Waals surface area contributed by atoms with Gasteiger partial charge in [0.2, 0.25) is 5.13 Å². The molecule has 1 aromatic heterocycles. The standard InChI is InChI=1S/C26H23ClN4O3S/c1-2-33-23-13-19(15-28-31-26-30-22(17-35-26)18-9-5-3-6-10-18)21(27)14-24(23)34-16-25(32)29-20-11-7-4-8-12-20/h3-15,17H,2,16H2,1H3,(H,29,32)(H,30,31). The van der Waals surface area contributed by atoms with Crippen LogP contribution in [0.2, 0.25) is 5.02 Å². The summed E-state index contributed by atoms with van der Waals surface area (Å²) in [7, 11) is 0. The molecule has 35 heavy (non-hydrogen) atoms. The molecule has 3 aromatic carbocycles. The van der Waals surface area contributed by atoms with E-state index in [4.69, 9.17) is 21.1 Å². The topological polar surface area (TPSA) is 84.8 Å². The summed E-state index contributed by atoms with van der Waals surface area (Å²) in [6.45, 7) is 2.10. The zero-order chi connectivity index (χ0) is 24.5. The Morgan fingerprint density at radius 1 is 1.06 bits per heavy atom. The Hall–Kier alpha value is -3.88. The molecule has 2 N–H and O–H groups in total. The molecule has 4 rings (SSSR count). The van der Waals surface area contributed by atoms with Crippen LogP contribution in [0.15, 0.2) is 83.3 Å². The fourth-order valence-corrected chi connectivity index (χ4v) is 3.99. The van der Waals surface area contributed by atoms with Crippen LogP contribution in [0.1, 0.15) is 12.5 Å². The van der Waals surface area contributed by atoms with Crippen LogP contribution in [0.25, 0.3) is 11.3 Å². The van der Waals surface area contributed by atoms with Crippen molar-refractivity contribution in [3.8, 4) is 22.8 Å². The number of aromatic nitrogens is 1. The number of halogens is 1. The second kappa shape index (κ2) is 12.0. The van der Waals surface area contributed by atoms with E-state index in [1.165, 1.54) is 11.3 Å². The van der Waals surface area contributed by atoms with Crippen LogP contribution in [-0.2, 0) is 4.79 Å². The van der Waals surface area contributed by atoms with Crippen molar-refractivity contribution in [2.75, 3.05) is 24.0 Å². The number of hydrogen-bond donors (Lipinski definition) is 2. The van der Waals surface area contributed by atoms with Crippen molar-refractivity contribution >= 4 is 45.9 Å². The predicted octanol–water partition coefficient (Wildman–Crippen LogP) is 6.33. The van der Waals surface area contributed by atoms with Crippen molar-refractivity contribution < 1.29 is 14.3 Å². The molecule has 0 saturated carbocycles. The van der Waals surface area contributed by atoms with Gasteiger partial charge in [-0.25, -0.2) is 4.98 Å². The number of nitrogens with zero attached hydrogens (tertiary/aromatic N) is 2. The molecule has 9 heteroatoms. The van der Waals surface area contributed by atoms with E-state index in [9.17, 15) is 4.79 Å². The summed E-state index contributed by atoms with van der Waals surface area (Å²) in [5.41, 5.74) is 6.17. The average Bonchev–Trinajstić information content (AvgIpc) is 3.35. The fraction of sp³-hybridized carbons (Fsp3) is 0.115. The molecule has 0 fully saturated rings. The van der Waals surface area contributed by atoms with Crippen molar-refractivity contribution in [1.82, 2.24) is 4.98 Å². The van der Waals surface area contributed by atoms with E-state index in [2.05, 4.69) is 20.8 Å². The van der Waals surface area contributed by atoms with Crippen molar-refractivity contribution in [3.63, 3.8) is 0 Å². The summed E-state index contributed by atoms with van der Waals surface area (Å²) < 4.78 is 11.4. The van der Waals surface area contributed by atoms with Gasteiger partial charge in [0.1, 0.15) is 0 Å². The summed E-state index contributed by atoms with van der Waals surface area (Å²) in [4.78, 5) is 16.8. The van der Waals surface area contributed by atoms with Crippen LogP contribution < -0.4 is 20.2 Å². The third-order valence-electron chi connectivity index (χ3n) is 4.72.